The van der Waals surface area contributed by atoms with Gasteiger partial charge in [0.25, 0.3) is 0 Å². The molecule has 1 aliphatic rings. The molecule has 0 aliphatic heterocycles. The second-order valence-corrected chi connectivity index (χ2v) is 8.36. The van der Waals surface area contributed by atoms with Gasteiger partial charge in [0, 0.05) is 10.9 Å². The first-order valence-electron chi connectivity index (χ1n) is 7.51. The van der Waals surface area contributed by atoms with Crippen LogP contribution in [0.25, 0.3) is 0 Å². The van der Waals surface area contributed by atoms with E-state index in [1.165, 1.54) is 23.9 Å². The van der Waals surface area contributed by atoms with Crippen molar-refractivity contribution in [3.8, 4) is 0 Å². The highest BCUT2D eigenvalue weighted by atomic mass is 35.5. The highest BCUT2D eigenvalue weighted by Crippen LogP contribution is 2.38. The molecule has 0 atom stereocenters. The van der Waals surface area contributed by atoms with Gasteiger partial charge in [-0.2, -0.15) is 14.3 Å². The van der Waals surface area contributed by atoms with Crippen LogP contribution in [0, 0.1) is 0 Å². The van der Waals surface area contributed by atoms with Gasteiger partial charge in [-0.1, -0.05) is 35.0 Å². The van der Waals surface area contributed by atoms with Gasteiger partial charge < -0.3 is 4.55 Å². The Morgan fingerprint density at radius 2 is 2.00 bits per heavy atom. The molecular formula is C14H12Cl2N5O4S2-. The van der Waals surface area contributed by atoms with Crippen LogP contribution < -0.4 is 9.62 Å². The maximum atomic E-state index is 12.5. The van der Waals surface area contributed by atoms with Crippen molar-refractivity contribution in [3.63, 3.8) is 0 Å². The zero-order chi connectivity index (χ0) is 19.8. The summed E-state index contributed by atoms with van der Waals surface area (Å²) >= 11 is 13.0. The minimum atomic E-state index is -5.24. The van der Waals surface area contributed by atoms with Gasteiger partial charge in [-0.25, -0.2) is 18.2 Å². The van der Waals surface area contributed by atoms with Crippen LogP contribution in [0.5, 0.6) is 0 Å². The fraction of sp³-hybridized carbons (Fsp3) is 0.286. The molecule has 1 aliphatic carbocycles. The van der Waals surface area contributed by atoms with Crippen molar-refractivity contribution in [2.75, 3.05) is 15.9 Å². The van der Waals surface area contributed by atoms with Crippen molar-refractivity contribution >= 4 is 62.9 Å². The number of hydrogen-bond acceptors (Lipinski definition) is 8. The van der Waals surface area contributed by atoms with Gasteiger partial charge in [-0.05, 0) is 37.3 Å². The second kappa shape index (κ2) is 7.76. The molecule has 2 amide bonds. The van der Waals surface area contributed by atoms with Gasteiger partial charge in [0.1, 0.15) is 5.82 Å². The van der Waals surface area contributed by atoms with Gasteiger partial charge in [-0.15, -0.1) is 0 Å². The predicted octanol–water partition coefficient (Wildman–Crippen LogP) is 3.28. The minimum Gasteiger partial charge on any atom is -0.730 e. The first-order chi connectivity index (χ1) is 12.7. The van der Waals surface area contributed by atoms with Gasteiger partial charge in [0.2, 0.25) is 5.95 Å². The van der Waals surface area contributed by atoms with E-state index in [0.29, 0.717) is 11.0 Å². The third kappa shape index (κ3) is 4.79. The van der Waals surface area contributed by atoms with E-state index in [9.17, 15) is 17.8 Å². The van der Waals surface area contributed by atoms with Crippen LogP contribution in [0.15, 0.2) is 23.4 Å². The number of urea groups is 1. The van der Waals surface area contributed by atoms with Crippen molar-refractivity contribution in [2.24, 2.45) is 0 Å². The first-order valence-corrected chi connectivity index (χ1v) is 10.9. The van der Waals surface area contributed by atoms with Crippen molar-refractivity contribution in [1.82, 2.24) is 15.0 Å². The van der Waals surface area contributed by atoms with Crippen LogP contribution in [0.1, 0.15) is 24.6 Å². The van der Waals surface area contributed by atoms with E-state index >= 15 is 0 Å². The number of nitrogens with zero attached hydrogens (tertiary/aromatic N) is 4. The molecule has 0 bridgehead atoms. The predicted molar refractivity (Wildman–Crippen MR) is 101 cm³/mol. The maximum Gasteiger partial charge on any atom is 0.341 e. The minimum absolute atomic E-state index is 0.00892. The lowest BCUT2D eigenvalue weighted by molar-refractivity contribution is 0.259. The molecule has 0 saturated heterocycles. The van der Waals surface area contributed by atoms with Crippen molar-refractivity contribution < 1.29 is 17.8 Å². The largest absolute Gasteiger partial charge is 0.730 e. The normalized spacial score (nSPS) is 14.1. The van der Waals surface area contributed by atoms with Crippen molar-refractivity contribution in [3.05, 3.63) is 34.1 Å². The first kappa shape index (κ1) is 20.1. The molecule has 1 aromatic carbocycles. The van der Waals surface area contributed by atoms with Crippen LogP contribution >= 0.6 is 35.0 Å². The Hall–Kier alpha value is -1.66. The summed E-state index contributed by atoms with van der Waals surface area (Å²) in [5, 5.41) is 2.62. The molecule has 2 aromatic rings. The monoisotopic (exact) mass is 448 g/mol. The smallest absolute Gasteiger partial charge is 0.341 e. The molecule has 27 heavy (non-hydrogen) atoms. The number of benzene rings is 1. The highest BCUT2D eigenvalue weighted by molar-refractivity contribution is 7.98. The summed E-state index contributed by atoms with van der Waals surface area (Å²) in [4.78, 5) is 24.9. The number of thioether (sulfide) groups is 1. The Bertz CT molecular complexity index is 1000. The fourth-order valence-corrected chi connectivity index (χ4v) is 3.72. The molecule has 1 saturated carbocycles. The SMILES string of the molecule is CSc1nc(NC(=O)N(c2ccc(Cl)cc2Cl)S(=O)(=O)[O-])nc(C2CC2)n1. The Morgan fingerprint density at radius 1 is 1.30 bits per heavy atom. The average molecular weight is 449 g/mol. The van der Waals surface area contributed by atoms with Gasteiger partial charge in [0.15, 0.2) is 15.5 Å². The van der Waals surface area contributed by atoms with E-state index in [1.807, 2.05) is 0 Å². The second-order valence-electron chi connectivity index (χ2n) is 5.53. The Kier molecular flexibility index (Phi) is 5.77. The number of hydrogen-bond donors (Lipinski definition) is 1. The Balaban J connectivity index is 1.95. The van der Waals surface area contributed by atoms with Gasteiger partial charge in [-0.3, -0.25) is 5.32 Å². The lowest BCUT2D eigenvalue weighted by atomic mass is 10.3. The Morgan fingerprint density at radius 3 is 2.56 bits per heavy atom. The number of anilines is 2. The summed E-state index contributed by atoms with van der Waals surface area (Å²) in [5.41, 5.74) is -0.338. The van der Waals surface area contributed by atoms with Crippen LogP contribution in [0.4, 0.5) is 16.4 Å². The highest BCUT2D eigenvalue weighted by Gasteiger charge is 2.29. The summed E-state index contributed by atoms with van der Waals surface area (Å²) < 4.78 is 35.0. The number of rotatable bonds is 5. The summed E-state index contributed by atoms with van der Waals surface area (Å²) in [5.74, 6) is 0.533. The number of halogens is 2. The molecule has 1 heterocycles. The molecular weight excluding hydrogens is 437 g/mol. The molecule has 1 fully saturated rings. The molecule has 144 valence electrons. The number of amides is 2. The van der Waals surface area contributed by atoms with E-state index in [2.05, 4.69) is 20.3 Å². The molecule has 1 aromatic heterocycles. The lowest BCUT2D eigenvalue weighted by Crippen LogP contribution is -2.40. The molecule has 0 unspecified atom stereocenters. The molecule has 0 radical (unpaired) electrons. The molecule has 0 spiro atoms. The van der Waals surface area contributed by atoms with E-state index < -0.39 is 16.3 Å². The van der Waals surface area contributed by atoms with Crippen LogP contribution in [0.3, 0.4) is 0 Å². The molecule has 3 rings (SSSR count). The van der Waals surface area contributed by atoms with Crippen molar-refractivity contribution in [2.45, 2.75) is 23.9 Å². The molecule has 13 heteroatoms. The standard InChI is InChI=1S/C14H13Cl2N5O4S2/c1-26-13-18-11(7-2-3-7)17-12(19-13)20-14(22)21(27(23,24)25)10-5-4-8(15)6-9(10)16/h4-7H,2-3H2,1H3,(H,23,24,25)(H,17,18,19,20,22)/p-1. The zero-order valence-corrected chi connectivity index (χ0v) is 16.9. The summed E-state index contributed by atoms with van der Waals surface area (Å²) in [6.07, 6.45) is 3.60. The van der Waals surface area contributed by atoms with E-state index in [1.54, 1.807) is 6.26 Å². The van der Waals surface area contributed by atoms with Crippen LogP contribution in [-0.4, -0.2) is 40.2 Å². The summed E-state index contributed by atoms with van der Waals surface area (Å²) in [6, 6.07) is 2.39. The zero-order valence-electron chi connectivity index (χ0n) is 13.7. The molecule has 1 N–H and O–H groups in total. The maximum absolute atomic E-state index is 12.5. The van der Waals surface area contributed by atoms with Crippen molar-refractivity contribution in [1.29, 1.82) is 0 Å². The number of carbonyl (C=O) groups excluding carboxylic acids is 1. The number of aromatic nitrogens is 3. The molecule has 9 nitrogen and oxygen atoms in total. The van der Waals surface area contributed by atoms with Gasteiger partial charge in [0.05, 0.1) is 10.7 Å². The van der Waals surface area contributed by atoms with E-state index in [-0.39, 0.29) is 31.9 Å². The lowest BCUT2D eigenvalue weighted by Gasteiger charge is -2.25. The number of carbonyl (C=O) groups is 1. The summed E-state index contributed by atoms with van der Waals surface area (Å²) in [6.45, 7) is 0. The number of nitrogens with one attached hydrogen (secondary N) is 1. The van der Waals surface area contributed by atoms with E-state index in [0.717, 1.165) is 18.9 Å². The summed E-state index contributed by atoms with van der Waals surface area (Å²) in [7, 11) is -5.24. The van der Waals surface area contributed by atoms with Crippen LogP contribution in [0.2, 0.25) is 10.0 Å². The third-order valence-electron chi connectivity index (χ3n) is 3.51. The van der Waals surface area contributed by atoms with E-state index in [4.69, 9.17) is 23.2 Å². The average Bonchev–Trinajstić information content (AvgIpc) is 3.40. The quantitative estimate of drug-likeness (QED) is 0.544. The van der Waals surface area contributed by atoms with Crippen LogP contribution in [-0.2, 0) is 10.3 Å². The Labute approximate surface area is 169 Å². The third-order valence-corrected chi connectivity index (χ3v) is 5.41. The fourth-order valence-electron chi connectivity index (χ4n) is 2.17. The van der Waals surface area contributed by atoms with Gasteiger partial charge >= 0.3 is 6.03 Å². The topological polar surface area (TPSA) is 128 Å².